The third-order valence-electron chi connectivity index (χ3n) is 5.25. The van der Waals surface area contributed by atoms with Gasteiger partial charge in [0.05, 0.1) is 17.0 Å². The molecule has 2 heterocycles. The molecular formula is C20H17N3O3S2. The predicted molar refractivity (Wildman–Crippen MR) is 109 cm³/mol. The minimum Gasteiger partial charge on any atom is -0.315 e. The standard InChI is InChI=1S/C20H17N3O3S2/c1-23-16-8-7-14(10-13(16)11-18(23)24)28(25,26)22-20-21-19-15-5-3-2-4-12(15)6-9-17(19)27-20/h2-5,7-8,10H,6,9,11H2,1H3,(H,21,22). The zero-order valence-corrected chi connectivity index (χ0v) is 16.7. The quantitative estimate of drug-likeness (QED) is 0.718. The first kappa shape index (κ1) is 17.4. The van der Waals surface area contributed by atoms with Gasteiger partial charge in [-0.05, 0) is 42.2 Å². The molecular weight excluding hydrogens is 394 g/mol. The molecule has 3 aromatic rings. The minimum absolute atomic E-state index is 0.0382. The van der Waals surface area contributed by atoms with E-state index in [1.165, 1.54) is 23.0 Å². The lowest BCUT2D eigenvalue weighted by molar-refractivity contribution is -0.117. The summed E-state index contributed by atoms with van der Waals surface area (Å²) >= 11 is 1.38. The Bertz CT molecular complexity index is 1230. The minimum atomic E-state index is -3.78. The third-order valence-corrected chi connectivity index (χ3v) is 7.75. The molecule has 0 radical (unpaired) electrons. The van der Waals surface area contributed by atoms with Gasteiger partial charge in [-0.3, -0.25) is 9.52 Å². The van der Waals surface area contributed by atoms with Crippen molar-refractivity contribution in [2.75, 3.05) is 16.7 Å². The van der Waals surface area contributed by atoms with Gasteiger partial charge in [-0.1, -0.05) is 24.3 Å². The maximum absolute atomic E-state index is 12.9. The number of benzene rings is 2. The van der Waals surface area contributed by atoms with Gasteiger partial charge in [-0.2, -0.15) is 0 Å². The summed E-state index contributed by atoms with van der Waals surface area (Å²) in [6.45, 7) is 0. The first-order valence-corrected chi connectivity index (χ1v) is 11.2. The maximum atomic E-state index is 12.9. The van der Waals surface area contributed by atoms with Crippen molar-refractivity contribution in [3.8, 4) is 11.3 Å². The molecule has 2 aromatic carbocycles. The number of thiazole rings is 1. The number of likely N-dealkylation sites (N-methyl/N-ethyl adjacent to an activating group) is 1. The Labute approximate surface area is 166 Å². The Morgan fingerprint density at radius 1 is 1.11 bits per heavy atom. The normalized spacial score (nSPS) is 15.2. The average molecular weight is 412 g/mol. The van der Waals surface area contributed by atoms with Crippen LogP contribution in [0.25, 0.3) is 11.3 Å². The van der Waals surface area contributed by atoms with Crippen molar-refractivity contribution < 1.29 is 13.2 Å². The molecule has 28 heavy (non-hydrogen) atoms. The number of nitrogens with one attached hydrogen (secondary N) is 1. The fourth-order valence-electron chi connectivity index (χ4n) is 3.78. The molecule has 5 rings (SSSR count). The Kier molecular flexibility index (Phi) is 3.82. The first-order chi connectivity index (χ1) is 13.4. The molecule has 1 aliphatic heterocycles. The van der Waals surface area contributed by atoms with Crippen LogP contribution in [0, 0.1) is 0 Å². The number of aromatic nitrogens is 1. The van der Waals surface area contributed by atoms with Crippen molar-refractivity contribution in [1.82, 2.24) is 4.98 Å². The summed E-state index contributed by atoms with van der Waals surface area (Å²) < 4.78 is 28.4. The van der Waals surface area contributed by atoms with Crippen LogP contribution >= 0.6 is 11.3 Å². The lowest BCUT2D eigenvalue weighted by Gasteiger charge is -2.13. The molecule has 1 N–H and O–H groups in total. The maximum Gasteiger partial charge on any atom is 0.263 e. The number of anilines is 2. The van der Waals surface area contributed by atoms with Gasteiger partial charge in [0.25, 0.3) is 10.0 Å². The van der Waals surface area contributed by atoms with E-state index in [1.807, 2.05) is 18.2 Å². The van der Waals surface area contributed by atoms with Gasteiger partial charge in [0, 0.05) is 23.2 Å². The van der Waals surface area contributed by atoms with Crippen LogP contribution in [-0.4, -0.2) is 26.4 Å². The number of carbonyl (C=O) groups is 1. The number of fused-ring (bicyclic) bond motifs is 4. The monoisotopic (exact) mass is 411 g/mol. The molecule has 1 aromatic heterocycles. The Hall–Kier alpha value is -2.71. The molecule has 1 amide bonds. The van der Waals surface area contributed by atoms with E-state index in [0.717, 1.165) is 40.2 Å². The fraction of sp³-hybridized carbons (Fsp3) is 0.200. The molecule has 2 aliphatic rings. The lowest BCUT2D eigenvalue weighted by atomic mass is 9.94. The summed E-state index contributed by atoms with van der Waals surface area (Å²) in [5.41, 5.74) is 4.66. The second kappa shape index (κ2) is 6.15. The number of sulfonamides is 1. The number of nitrogens with zero attached hydrogens (tertiary/aromatic N) is 2. The highest BCUT2D eigenvalue weighted by molar-refractivity contribution is 7.93. The lowest BCUT2D eigenvalue weighted by Crippen LogP contribution is -2.20. The second-order valence-corrected chi connectivity index (χ2v) is 9.74. The van der Waals surface area contributed by atoms with Gasteiger partial charge < -0.3 is 4.90 Å². The summed E-state index contributed by atoms with van der Waals surface area (Å²) in [5, 5.41) is 0.371. The first-order valence-electron chi connectivity index (χ1n) is 8.93. The highest BCUT2D eigenvalue weighted by atomic mass is 32.2. The van der Waals surface area contributed by atoms with Gasteiger partial charge in [0.1, 0.15) is 0 Å². The summed E-state index contributed by atoms with van der Waals surface area (Å²) in [6, 6.07) is 12.9. The molecule has 6 nitrogen and oxygen atoms in total. The molecule has 0 fully saturated rings. The van der Waals surface area contributed by atoms with Crippen molar-refractivity contribution >= 4 is 38.1 Å². The number of aryl methyl sites for hydroxylation is 2. The largest absolute Gasteiger partial charge is 0.315 e. The van der Waals surface area contributed by atoms with Crippen LogP contribution in [0.4, 0.5) is 10.8 Å². The number of rotatable bonds is 3. The summed E-state index contributed by atoms with van der Waals surface area (Å²) in [4.78, 5) is 19.2. The van der Waals surface area contributed by atoms with Crippen LogP contribution in [0.3, 0.4) is 0 Å². The number of amides is 1. The highest BCUT2D eigenvalue weighted by Crippen LogP contribution is 2.38. The van der Waals surface area contributed by atoms with Gasteiger partial charge in [-0.25, -0.2) is 13.4 Å². The smallest absolute Gasteiger partial charge is 0.263 e. The predicted octanol–water partition coefficient (Wildman–Crippen LogP) is 3.23. The topological polar surface area (TPSA) is 79.4 Å². The van der Waals surface area contributed by atoms with Crippen LogP contribution in [0.1, 0.15) is 16.0 Å². The van der Waals surface area contributed by atoms with Crippen molar-refractivity contribution in [2.45, 2.75) is 24.2 Å². The summed E-state index contributed by atoms with van der Waals surface area (Å²) in [7, 11) is -2.09. The molecule has 0 bridgehead atoms. The Balaban J connectivity index is 1.47. The molecule has 0 saturated heterocycles. The van der Waals surface area contributed by atoms with E-state index < -0.39 is 10.0 Å². The van der Waals surface area contributed by atoms with Crippen LogP contribution in [0.5, 0.6) is 0 Å². The zero-order valence-electron chi connectivity index (χ0n) is 15.1. The molecule has 0 unspecified atom stereocenters. The molecule has 1 aliphatic carbocycles. The molecule has 0 saturated carbocycles. The van der Waals surface area contributed by atoms with Crippen LogP contribution in [-0.2, 0) is 34.1 Å². The van der Waals surface area contributed by atoms with Gasteiger partial charge in [-0.15, -0.1) is 11.3 Å². The van der Waals surface area contributed by atoms with Gasteiger partial charge in [0.2, 0.25) is 5.91 Å². The number of carbonyl (C=O) groups excluding carboxylic acids is 1. The van der Waals surface area contributed by atoms with Crippen LogP contribution < -0.4 is 9.62 Å². The van der Waals surface area contributed by atoms with Crippen molar-refractivity contribution in [2.24, 2.45) is 0 Å². The second-order valence-electron chi connectivity index (χ2n) is 6.97. The van der Waals surface area contributed by atoms with E-state index >= 15 is 0 Å². The number of hydrogen-bond acceptors (Lipinski definition) is 5. The van der Waals surface area contributed by atoms with Crippen molar-refractivity contribution in [1.29, 1.82) is 0 Å². The van der Waals surface area contributed by atoms with E-state index in [9.17, 15) is 13.2 Å². The number of hydrogen-bond donors (Lipinski definition) is 1. The van der Waals surface area contributed by atoms with E-state index in [2.05, 4.69) is 15.8 Å². The van der Waals surface area contributed by atoms with Gasteiger partial charge >= 0.3 is 0 Å². The van der Waals surface area contributed by atoms with Crippen LogP contribution in [0.2, 0.25) is 0 Å². The molecule has 142 valence electrons. The summed E-state index contributed by atoms with van der Waals surface area (Å²) in [6.07, 6.45) is 2.01. The van der Waals surface area contributed by atoms with E-state index in [0.29, 0.717) is 5.13 Å². The zero-order chi connectivity index (χ0) is 19.5. The van der Waals surface area contributed by atoms with Crippen LogP contribution in [0.15, 0.2) is 47.4 Å². The summed E-state index contributed by atoms with van der Waals surface area (Å²) in [5.74, 6) is -0.0382. The SMILES string of the molecule is CN1C(=O)Cc2cc(S(=O)(=O)Nc3nc4c(s3)CCc3ccccc3-4)ccc21. The Morgan fingerprint density at radius 3 is 2.79 bits per heavy atom. The fourth-order valence-corrected chi connectivity index (χ4v) is 6.04. The van der Waals surface area contributed by atoms with E-state index in [4.69, 9.17) is 0 Å². The molecule has 0 spiro atoms. The molecule has 8 heteroatoms. The van der Waals surface area contributed by atoms with E-state index in [-0.39, 0.29) is 17.2 Å². The van der Waals surface area contributed by atoms with Crippen molar-refractivity contribution in [3.05, 3.63) is 58.5 Å². The average Bonchev–Trinajstić information content (AvgIpc) is 3.21. The van der Waals surface area contributed by atoms with Gasteiger partial charge in [0.15, 0.2) is 5.13 Å². The molecule has 0 atom stereocenters. The Morgan fingerprint density at radius 2 is 1.93 bits per heavy atom. The van der Waals surface area contributed by atoms with Crippen molar-refractivity contribution in [3.63, 3.8) is 0 Å². The highest BCUT2D eigenvalue weighted by Gasteiger charge is 2.27. The van der Waals surface area contributed by atoms with E-state index in [1.54, 1.807) is 24.1 Å². The third kappa shape index (κ3) is 2.71.